The van der Waals surface area contributed by atoms with Crippen LogP contribution >= 0.6 is 0 Å². The molecule has 1 unspecified atom stereocenters. The maximum atomic E-state index is 13.5. The van der Waals surface area contributed by atoms with Crippen molar-refractivity contribution in [3.05, 3.63) is 59.2 Å². The summed E-state index contributed by atoms with van der Waals surface area (Å²) in [6, 6.07) is 13.1. The fraction of sp³-hybridized carbons (Fsp3) is 0.458. The van der Waals surface area contributed by atoms with Crippen LogP contribution in [0.4, 0.5) is 5.69 Å². The van der Waals surface area contributed by atoms with Gasteiger partial charge in [0.2, 0.25) is 10.0 Å². The van der Waals surface area contributed by atoms with Gasteiger partial charge in [0.15, 0.2) is 0 Å². The number of rotatable bonds is 5. The first-order chi connectivity index (χ1) is 14.9. The molecule has 1 saturated heterocycles. The van der Waals surface area contributed by atoms with Crippen LogP contribution in [0.25, 0.3) is 0 Å². The monoisotopic (exact) mass is 441 g/mol. The van der Waals surface area contributed by atoms with Crippen molar-refractivity contribution >= 4 is 21.6 Å². The van der Waals surface area contributed by atoms with Crippen molar-refractivity contribution in [3.63, 3.8) is 0 Å². The molecule has 0 radical (unpaired) electrons. The first-order valence-electron chi connectivity index (χ1n) is 11.1. The Morgan fingerprint density at radius 1 is 1.03 bits per heavy atom. The predicted octanol–water partition coefficient (Wildman–Crippen LogP) is 3.73. The van der Waals surface area contributed by atoms with E-state index in [1.54, 1.807) is 18.2 Å². The number of aryl methyl sites for hydroxylation is 1. The summed E-state index contributed by atoms with van der Waals surface area (Å²) < 4.78 is 26.6. The Kier molecular flexibility index (Phi) is 6.34. The van der Waals surface area contributed by atoms with Gasteiger partial charge in [0.1, 0.15) is 0 Å². The lowest BCUT2D eigenvalue weighted by Crippen LogP contribution is -2.35. The van der Waals surface area contributed by atoms with Gasteiger partial charge in [-0.05, 0) is 67.9 Å². The number of benzene rings is 2. The van der Waals surface area contributed by atoms with E-state index in [1.807, 2.05) is 12.1 Å². The van der Waals surface area contributed by atoms with Gasteiger partial charge in [0, 0.05) is 32.9 Å². The number of fused-ring (bicyclic) bond motifs is 1. The third kappa shape index (κ3) is 4.48. The number of anilines is 1. The van der Waals surface area contributed by atoms with Crippen LogP contribution in [-0.2, 0) is 16.4 Å². The molecule has 7 heteroatoms. The maximum Gasteiger partial charge on any atom is 0.253 e. The molecular formula is C24H31N3O3S. The molecule has 2 aromatic rings. The predicted molar refractivity (Wildman–Crippen MR) is 123 cm³/mol. The van der Waals surface area contributed by atoms with E-state index in [4.69, 9.17) is 0 Å². The van der Waals surface area contributed by atoms with Crippen LogP contribution in [0.15, 0.2) is 47.4 Å². The minimum absolute atomic E-state index is 0.0548. The van der Waals surface area contributed by atoms with Crippen LogP contribution < -0.4 is 10.2 Å². The summed E-state index contributed by atoms with van der Waals surface area (Å²) in [6.45, 7) is 1.76. The highest BCUT2D eigenvalue weighted by Crippen LogP contribution is 2.32. The van der Waals surface area contributed by atoms with Crippen LogP contribution in [0, 0.1) is 0 Å². The largest absolute Gasteiger partial charge is 0.371 e. The third-order valence-corrected chi connectivity index (χ3v) is 8.17. The van der Waals surface area contributed by atoms with Crippen LogP contribution in [0.5, 0.6) is 0 Å². The van der Waals surface area contributed by atoms with E-state index in [1.165, 1.54) is 35.9 Å². The van der Waals surface area contributed by atoms with Crippen LogP contribution in [0.2, 0.25) is 0 Å². The van der Waals surface area contributed by atoms with E-state index in [0.717, 1.165) is 50.9 Å². The molecule has 1 N–H and O–H groups in total. The number of carbonyl (C=O) groups is 1. The average molecular weight is 442 g/mol. The molecule has 1 atom stereocenters. The molecule has 6 nitrogen and oxygen atoms in total. The maximum absolute atomic E-state index is 13.5. The van der Waals surface area contributed by atoms with Crippen LogP contribution in [0.3, 0.4) is 0 Å². The van der Waals surface area contributed by atoms with Gasteiger partial charge in [0.25, 0.3) is 5.91 Å². The number of nitrogens with zero attached hydrogens (tertiary/aromatic N) is 2. The van der Waals surface area contributed by atoms with E-state index >= 15 is 0 Å². The summed E-state index contributed by atoms with van der Waals surface area (Å²) in [5.74, 6) is -0.210. The Morgan fingerprint density at radius 3 is 2.52 bits per heavy atom. The van der Waals surface area contributed by atoms with Crippen molar-refractivity contribution in [1.29, 1.82) is 0 Å². The number of hydrogen-bond acceptors (Lipinski definition) is 4. The molecule has 0 spiro atoms. The zero-order valence-electron chi connectivity index (χ0n) is 18.3. The quantitative estimate of drug-likeness (QED) is 0.768. The zero-order chi connectivity index (χ0) is 22.0. The van der Waals surface area contributed by atoms with Crippen LogP contribution in [0.1, 0.15) is 59.6 Å². The normalized spacial score (nSPS) is 19.2. The SMILES string of the molecule is CN(C)S(=O)(=O)c1ccc(N2CCCCC2)c(C(=O)NC2CCCc3ccccc32)c1. The fourth-order valence-electron chi connectivity index (χ4n) is 4.62. The van der Waals surface area contributed by atoms with Gasteiger partial charge in [0.05, 0.1) is 16.5 Å². The van der Waals surface area contributed by atoms with E-state index in [-0.39, 0.29) is 16.8 Å². The number of nitrogens with one attached hydrogen (secondary N) is 1. The topological polar surface area (TPSA) is 69.7 Å². The highest BCUT2D eigenvalue weighted by atomic mass is 32.2. The molecule has 1 aliphatic heterocycles. The van der Waals surface area contributed by atoms with Gasteiger partial charge in [-0.3, -0.25) is 4.79 Å². The second-order valence-electron chi connectivity index (χ2n) is 8.63. The number of carbonyl (C=O) groups excluding carboxylic acids is 1. The first-order valence-corrected chi connectivity index (χ1v) is 12.5. The number of hydrogen-bond donors (Lipinski definition) is 1. The van der Waals surface area contributed by atoms with Crippen molar-refractivity contribution in [2.75, 3.05) is 32.1 Å². The third-order valence-electron chi connectivity index (χ3n) is 6.36. The molecule has 0 saturated carbocycles. The molecule has 2 aromatic carbocycles. The van der Waals surface area contributed by atoms with Crippen molar-refractivity contribution in [2.45, 2.75) is 49.5 Å². The van der Waals surface area contributed by atoms with Crippen molar-refractivity contribution in [2.24, 2.45) is 0 Å². The summed E-state index contributed by atoms with van der Waals surface area (Å²) in [5, 5.41) is 3.20. The Balaban J connectivity index is 1.70. The molecule has 31 heavy (non-hydrogen) atoms. The molecular weight excluding hydrogens is 410 g/mol. The Morgan fingerprint density at radius 2 is 1.77 bits per heavy atom. The molecule has 0 aromatic heterocycles. The Labute approximate surface area is 185 Å². The van der Waals surface area contributed by atoms with Crippen molar-refractivity contribution < 1.29 is 13.2 Å². The first kappa shape index (κ1) is 21.8. The van der Waals surface area contributed by atoms with E-state index < -0.39 is 10.0 Å². The molecule has 4 rings (SSSR count). The minimum atomic E-state index is -3.63. The number of piperidine rings is 1. The molecule has 1 aliphatic carbocycles. The zero-order valence-corrected chi connectivity index (χ0v) is 19.1. The standard InChI is InChI=1S/C24H31N3O3S/c1-26(2)31(29,30)19-13-14-23(27-15-6-3-7-16-27)21(17-19)24(28)25-22-12-8-10-18-9-4-5-11-20(18)22/h4-5,9,11,13-14,17,22H,3,6-8,10,12,15-16H2,1-2H3,(H,25,28). The van der Waals surface area contributed by atoms with Gasteiger partial charge >= 0.3 is 0 Å². The molecule has 2 aliphatic rings. The van der Waals surface area contributed by atoms with Gasteiger partial charge in [-0.25, -0.2) is 12.7 Å². The highest BCUT2D eigenvalue weighted by Gasteiger charge is 2.27. The lowest BCUT2D eigenvalue weighted by atomic mass is 9.87. The molecule has 1 fully saturated rings. The summed E-state index contributed by atoms with van der Waals surface area (Å²) in [7, 11) is -0.614. The fourth-order valence-corrected chi connectivity index (χ4v) is 5.55. The lowest BCUT2D eigenvalue weighted by Gasteiger charge is -2.31. The average Bonchev–Trinajstić information content (AvgIpc) is 2.79. The molecule has 0 bridgehead atoms. The van der Waals surface area contributed by atoms with Gasteiger partial charge in [-0.1, -0.05) is 24.3 Å². The molecule has 166 valence electrons. The lowest BCUT2D eigenvalue weighted by molar-refractivity contribution is 0.0933. The van der Waals surface area contributed by atoms with Crippen molar-refractivity contribution in [3.8, 4) is 0 Å². The summed E-state index contributed by atoms with van der Waals surface area (Å²) >= 11 is 0. The number of sulfonamides is 1. The highest BCUT2D eigenvalue weighted by molar-refractivity contribution is 7.89. The van der Waals surface area contributed by atoms with Crippen LogP contribution in [-0.4, -0.2) is 45.8 Å². The van der Waals surface area contributed by atoms with Gasteiger partial charge in [-0.2, -0.15) is 0 Å². The Bertz CT molecular complexity index is 1060. The smallest absolute Gasteiger partial charge is 0.253 e. The van der Waals surface area contributed by atoms with E-state index in [2.05, 4.69) is 22.3 Å². The minimum Gasteiger partial charge on any atom is -0.371 e. The van der Waals surface area contributed by atoms with Crippen molar-refractivity contribution in [1.82, 2.24) is 9.62 Å². The second-order valence-corrected chi connectivity index (χ2v) is 10.8. The summed E-state index contributed by atoms with van der Waals surface area (Å²) in [4.78, 5) is 15.8. The summed E-state index contributed by atoms with van der Waals surface area (Å²) in [5.41, 5.74) is 3.70. The van der Waals surface area contributed by atoms with Gasteiger partial charge < -0.3 is 10.2 Å². The van der Waals surface area contributed by atoms with E-state index in [9.17, 15) is 13.2 Å². The Hall–Kier alpha value is -2.38. The van der Waals surface area contributed by atoms with Gasteiger partial charge in [-0.15, -0.1) is 0 Å². The van der Waals surface area contributed by atoms with E-state index in [0.29, 0.717) is 5.56 Å². The summed E-state index contributed by atoms with van der Waals surface area (Å²) in [6.07, 6.45) is 6.28. The molecule has 1 heterocycles. The number of amides is 1. The molecule has 1 amide bonds. The second kappa shape index (κ2) is 9.01.